The fourth-order valence-corrected chi connectivity index (χ4v) is 2.42. The van der Waals surface area contributed by atoms with Gasteiger partial charge in [-0.25, -0.2) is 4.98 Å². The maximum Gasteiger partial charge on any atom is 0.251 e. The predicted octanol–water partition coefficient (Wildman–Crippen LogP) is 2.88. The van der Waals surface area contributed by atoms with E-state index in [-0.39, 0.29) is 17.4 Å². The minimum Gasteiger partial charge on any atom is -0.384 e. The van der Waals surface area contributed by atoms with Crippen molar-refractivity contribution in [3.63, 3.8) is 0 Å². The molecule has 0 spiro atoms. The normalized spacial score (nSPS) is 17.4. The summed E-state index contributed by atoms with van der Waals surface area (Å²) in [7, 11) is 0. The lowest BCUT2D eigenvalue weighted by Crippen LogP contribution is -2.40. The molecule has 1 atom stereocenters. The average Bonchev–Trinajstić information content (AvgIpc) is 2.24. The number of hydrogen-bond donors (Lipinski definition) is 2. The van der Waals surface area contributed by atoms with Crippen LogP contribution in [0.5, 0.6) is 0 Å². The topological polar surface area (TPSA) is 68.0 Å². The molecule has 1 aliphatic carbocycles. The second kappa shape index (κ2) is 5.43. The third kappa shape index (κ3) is 3.30. The van der Waals surface area contributed by atoms with Gasteiger partial charge in [-0.15, -0.1) is 0 Å². The molecule has 0 bridgehead atoms. The minimum absolute atomic E-state index is 0.0519. The summed E-state index contributed by atoms with van der Waals surface area (Å²) in [5.41, 5.74) is 7.16. The van der Waals surface area contributed by atoms with Crippen LogP contribution in [0.4, 0.5) is 5.82 Å². The van der Waals surface area contributed by atoms with E-state index in [4.69, 9.17) is 5.73 Å². The molecule has 1 unspecified atom stereocenters. The van der Waals surface area contributed by atoms with Gasteiger partial charge in [0.05, 0.1) is 0 Å². The number of nitrogens with zero attached hydrogens (tertiary/aromatic N) is 1. The molecule has 110 valence electrons. The number of aromatic nitrogens is 1. The third-order valence-electron chi connectivity index (χ3n) is 4.09. The first-order valence-electron chi connectivity index (χ1n) is 7.36. The number of amides is 1. The molecule has 0 saturated heterocycles. The zero-order valence-electron chi connectivity index (χ0n) is 12.9. The Balaban J connectivity index is 2.14. The summed E-state index contributed by atoms with van der Waals surface area (Å²) in [5.74, 6) is 0.975. The zero-order valence-corrected chi connectivity index (χ0v) is 12.9. The number of pyridine rings is 1. The lowest BCUT2D eigenvalue weighted by Gasteiger charge is -2.32. The van der Waals surface area contributed by atoms with E-state index in [0.29, 0.717) is 17.3 Å². The first-order valence-corrected chi connectivity index (χ1v) is 7.36. The van der Waals surface area contributed by atoms with Crippen LogP contribution in [0.25, 0.3) is 0 Å². The van der Waals surface area contributed by atoms with Crippen molar-refractivity contribution in [2.75, 3.05) is 5.73 Å². The molecule has 4 heteroatoms. The van der Waals surface area contributed by atoms with E-state index in [0.717, 1.165) is 5.69 Å². The van der Waals surface area contributed by atoms with E-state index < -0.39 is 0 Å². The highest BCUT2D eigenvalue weighted by Crippen LogP contribution is 2.29. The van der Waals surface area contributed by atoms with Crippen molar-refractivity contribution in [2.45, 2.75) is 58.4 Å². The van der Waals surface area contributed by atoms with Crippen molar-refractivity contribution in [1.29, 1.82) is 0 Å². The van der Waals surface area contributed by atoms with Crippen LogP contribution in [0.3, 0.4) is 0 Å². The second-order valence-electron chi connectivity index (χ2n) is 6.87. The number of nitrogens with two attached hydrogens (primary N) is 1. The predicted molar refractivity (Wildman–Crippen MR) is 81.6 cm³/mol. The Hall–Kier alpha value is -1.58. The van der Waals surface area contributed by atoms with Gasteiger partial charge in [0.1, 0.15) is 5.82 Å². The quantitative estimate of drug-likeness (QED) is 0.891. The minimum atomic E-state index is -0.121. The Kier molecular flexibility index (Phi) is 4.02. The number of carbonyl (C=O) groups excluding carboxylic acids is 1. The van der Waals surface area contributed by atoms with Gasteiger partial charge in [0.15, 0.2) is 0 Å². The summed E-state index contributed by atoms with van der Waals surface area (Å²) in [6.45, 7) is 8.27. The molecule has 20 heavy (non-hydrogen) atoms. The van der Waals surface area contributed by atoms with Gasteiger partial charge in [-0.05, 0) is 37.8 Å². The Morgan fingerprint density at radius 3 is 2.55 bits per heavy atom. The molecule has 1 heterocycles. The number of carbonyl (C=O) groups is 1. The molecule has 3 N–H and O–H groups in total. The fourth-order valence-electron chi connectivity index (χ4n) is 2.42. The lowest BCUT2D eigenvalue weighted by atomic mass is 9.80. The summed E-state index contributed by atoms with van der Waals surface area (Å²) >= 11 is 0. The van der Waals surface area contributed by atoms with Gasteiger partial charge in [0.2, 0.25) is 0 Å². The molecule has 0 aliphatic heterocycles. The maximum atomic E-state index is 12.3. The highest BCUT2D eigenvalue weighted by Gasteiger charge is 2.26. The molecule has 1 aromatic rings. The van der Waals surface area contributed by atoms with E-state index in [1.807, 2.05) is 6.07 Å². The number of nitrogens with one attached hydrogen (secondary N) is 1. The standard InChI is InChI=1S/C16H25N3O/c1-10(11-6-5-7-11)18-15(20)12-8-13(16(2,3)4)19-14(17)9-12/h8-11H,5-7H2,1-4H3,(H2,17,19)(H,18,20). The number of rotatable bonds is 3. The SMILES string of the molecule is CC(NC(=O)c1cc(N)nc(C(C)(C)C)c1)C1CCC1. The van der Waals surface area contributed by atoms with Crippen molar-refractivity contribution >= 4 is 11.7 Å². The molecule has 1 fully saturated rings. The van der Waals surface area contributed by atoms with Crippen LogP contribution in [0, 0.1) is 5.92 Å². The van der Waals surface area contributed by atoms with Crippen LogP contribution < -0.4 is 11.1 Å². The molecular weight excluding hydrogens is 250 g/mol. The molecule has 0 radical (unpaired) electrons. The van der Waals surface area contributed by atoms with E-state index >= 15 is 0 Å². The Morgan fingerprint density at radius 1 is 1.40 bits per heavy atom. The van der Waals surface area contributed by atoms with Crippen LogP contribution in [-0.4, -0.2) is 16.9 Å². The molecular formula is C16H25N3O. The average molecular weight is 275 g/mol. The van der Waals surface area contributed by atoms with E-state index in [9.17, 15) is 4.79 Å². The zero-order chi connectivity index (χ0) is 14.9. The van der Waals surface area contributed by atoms with Gasteiger partial charge in [0, 0.05) is 22.7 Å². The summed E-state index contributed by atoms with van der Waals surface area (Å²) in [4.78, 5) is 16.7. The Labute approximate surface area is 121 Å². The first-order chi connectivity index (χ1) is 9.27. The molecule has 0 aromatic carbocycles. The maximum absolute atomic E-state index is 12.3. The largest absolute Gasteiger partial charge is 0.384 e. The molecule has 2 rings (SSSR count). The van der Waals surface area contributed by atoms with Crippen molar-refractivity contribution in [3.05, 3.63) is 23.4 Å². The van der Waals surface area contributed by atoms with Gasteiger partial charge >= 0.3 is 0 Å². The van der Waals surface area contributed by atoms with Crippen molar-refractivity contribution in [3.8, 4) is 0 Å². The smallest absolute Gasteiger partial charge is 0.251 e. The summed E-state index contributed by atoms with van der Waals surface area (Å²) in [5, 5.41) is 3.08. The second-order valence-corrected chi connectivity index (χ2v) is 6.87. The number of anilines is 1. The van der Waals surface area contributed by atoms with Gasteiger partial charge in [-0.1, -0.05) is 27.2 Å². The van der Waals surface area contributed by atoms with Gasteiger partial charge in [-0.3, -0.25) is 4.79 Å². The van der Waals surface area contributed by atoms with Crippen LogP contribution >= 0.6 is 0 Å². The first kappa shape index (κ1) is 14.8. The molecule has 1 aliphatic rings. The summed E-state index contributed by atoms with van der Waals surface area (Å²) < 4.78 is 0. The fraction of sp³-hybridized carbons (Fsp3) is 0.625. The van der Waals surface area contributed by atoms with Crippen LogP contribution in [-0.2, 0) is 5.41 Å². The monoisotopic (exact) mass is 275 g/mol. The van der Waals surface area contributed by atoms with Gasteiger partial charge in [0.25, 0.3) is 5.91 Å². The van der Waals surface area contributed by atoms with Gasteiger partial charge in [-0.2, -0.15) is 0 Å². The third-order valence-corrected chi connectivity index (χ3v) is 4.09. The van der Waals surface area contributed by atoms with Crippen molar-refractivity contribution in [2.24, 2.45) is 5.92 Å². The molecule has 1 aromatic heterocycles. The summed E-state index contributed by atoms with van der Waals surface area (Å²) in [6, 6.07) is 3.72. The van der Waals surface area contributed by atoms with Crippen molar-refractivity contribution < 1.29 is 4.79 Å². The molecule has 1 saturated carbocycles. The number of hydrogen-bond acceptors (Lipinski definition) is 3. The van der Waals surface area contributed by atoms with Crippen LogP contribution in [0.1, 0.15) is 63.0 Å². The molecule has 4 nitrogen and oxygen atoms in total. The molecule has 1 amide bonds. The van der Waals surface area contributed by atoms with Gasteiger partial charge < -0.3 is 11.1 Å². The highest BCUT2D eigenvalue weighted by atomic mass is 16.1. The van der Waals surface area contributed by atoms with Crippen LogP contribution in [0.15, 0.2) is 12.1 Å². The number of nitrogen functional groups attached to an aromatic ring is 1. The highest BCUT2D eigenvalue weighted by molar-refractivity contribution is 5.95. The van der Waals surface area contributed by atoms with Crippen molar-refractivity contribution in [1.82, 2.24) is 10.3 Å². The van der Waals surface area contributed by atoms with Crippen LogP contribution in [0.2, 0.25) is 0 Å². The summed E-state index contributed by atoms with van der Waals surface area (Å²) in [6.07, 6.45) is 3.71. The van der Waals surface area contributed by atoms with E-state index in [1.54, 1.807) is 6.07 Å². The van der Waals surface area contributed by atoms with E-state index in [1.165, 1.54) is 19.3 Å². The van der Waals surface area contributed by atoms with E-state index in [2.05, 4.69) is 38.0 Å². The Bertz CT molecular complexity index is 501. The lowest BCUT2D eigenvalue weighted by molar-refractivity contribution is 0.0909. The Morgan fingerprint density at radius 2 is 2.05 bits per heavy atom.